The quantitative estimate of drug-likeness (QED) is 0.608. The summed E-state index contributed by atoms with van der Waals surface area (Å²) in [6.07, 6.45) is 10.1. The molecule has 2 aromatic heterocycles. The molecular formula is C21H24N2O2S. The first-order chi connectivity index (χ1) is 12.7. The molecule has 0 aliphatic heterocycles. The molecule has 1 aromatic carbocycles. The maximum absolute atomic E-state index is 11.2. The lowest BCUT2D eigenvalue weighted by molar-refractivity contribution is 0.0702. The summed E-state index contributed by atoms with van der Waals surface area (Å²) in [6.45, 7) is 0.856. The van der Waals surface area contributed by atoms with Gasteiger partial charge in [0.15, 0.2) is 0 Å². The van der Waals surface area contributed by atoms with E-state index in [0.29, 0.717) is 10.9 Å². The number of rotatable bonds is 5. The molecular weight excluding hydrogens is 344 g/mol. The van der Waals surface area contributed by atoms with Crippen molar-refractivity contribution in [3.8, 4) is 5.00 Å². The lowest BCUT2D eigenvalue weighted by atomic mass is 10.1. The third kappa shape index (κ3) is 3.55. The highest BCUT2D eigenvalue weighted by atomic mass is 32.1. The van der Waals surface area contributed by atoms with Crippen molar-refractivity contribution in [2.75, 3.05) is 0 Å². The molecule has 4 rings (SSSR count). The Morgan fingerprint density at radius 1 is 1.12 bits per heavy atom. The van der Waals surface area contributed by atoms with Crippen LogP contribution in [0.15, 0.2) is 42.6 Å². The minimum Gasteiger partial charge on any atom is -0.477 e. The van der Waals surface area contributed by atoms with Crippen molar-refractivity contribution in [2.24, 2.45) is 0 Å². The molecule has 0 unspecified atom stereocenters. The van der Waals surface area contributed by atoms with Gasteiger partial charge in [-0.05, 0) is 36.6 Å². The molecule has 2 heterocycles. The number of hydrogen-bond donors (Lipinski definition) is 2. The molecule has 1 saturated carbocycles. The van der Waals surface area contributed by atoms with Crippen molar-refractivity contribution in [3.63, 3.8) is 0 Å². The van der Waals surface area contributed by atoms with Crippen LogP contribution in [0.4, 0.5) is 0 Å². The van der Waals surface area contributed by atoms with E-state index in [0.717, 1.165) is 17.1 Å². The lowest BCUT2D eigenvalue weighted by Gasteiger charge is -2.15. The lowest BCUT2D eigenvalue weighted by Crippen LogP contribution is -2.27. The van der Waals surface area contributed by atoms with Crippen LogP contribution in [0.3, 0.4) is 0 Å². The molecule has 26 heavy (non-hydrogen) atoms. The maximum Gasteiger partial charge on any atom is 0.345 e. The van der Waals surface area contributed by atoms with Gasteiger partial charge in [0.2, 0.25) is 0 Å². The van der Waals surface area contributed by atoms with Gasteiger partial charge >= 0.3 is 5.97 Å². The van der Waals surface area contributed by atoms with Gasteiger partial charge in [-0.2, -0.15) is 0 Å². The second-order valence-corrected chi connectivity index (χ2v) is 8.12. The third-order valence-electron chi connectivity index (χ3n) is 5.27. The first-order valence-corrected chi connectivity index (χ1v) is 10.2. The number of thiophene rings is 1. The number of carboxylic acid groups (broad SMARTS) is 1. The molecule has 5 heteroatoms. The molecule has 4 nitrogen and oxygen atoms in total. The number of aromatic carboxylic acids is 1. The van der Waals surface area contributed by atoms with Crippen LogP contribution in [0.2, 0.25) is 0 Å². The van der Waals surface area contributed by atoms with Crippen LogP contribution < -0.4 is 5.32 Å². The van der Waals surface area contributed by atoms with Gasteiger partial charge in [0.05, 0.1) is 5.52 Å². The number of carboxylic acids is 1. The minimum atomic E-state index is -0.868. The van der Waals surface area contributed by atoms with Crippen molar-refractivity contribution >= 4 is 28.2 Å². The van der Waals surface area contributed by atoms with Crippen LogP contribution in [0, 0.1) is 0 Å². The highest BCUT2D eigenvalue weighted by Crippen LogP contribution is 2.29. The molecule has 1 aliphatic carbocycles. The summed E-state index contributed by atoms with van der Waals surface area (Å²) < 4.78 is 2.12. The van der Waals surface area contributed by atoms with Crippen molar-refractivity contribution in [1.82, 2.24) is 9.88 Å². The highest BCUT2D eigenvalue weighted by molar-refractivity contribution is 7.16. The Hall–Kier alpha value is -2.11. The van der Waals surface area contributed by atoms with Gasteiger partial charge in [-0.25, -0.2) is 4.79 Å². The Balaban J connectivity index is 1.62. The van der Waals surface area contributed by atoms with Gasteiger partial charge < -0.3 is 15.0 Å². The molecule has 2 N–H and O–H groups in total. The van der Waals surface area contributed by atoms with Crippen molar-refractivity contribution in [3.05, 3.63) is 53.0 Å². The van der Waals surface area contributed by atoms with Gasteiger partial charge in [0, 0.05) is 24.2 Å². The van der Waals surface area contributed by atoms with Crippen LogP contribution in [-0.4, -0.2) is 21.7 Å². The first-order valence-electron chi connectivity index (χ1n) is 9.38. The van der Waals surface area contributed by atoms with Gasteiger partial charge in [-0.3, -0.25) is 0 Å². The van der Waals surface area contributed by atoms with Crippen LogP contribution >= 0.6 is 11.3 Å². The number of para-hydroxylation sites is 1. The molecule has 1 aliphatic rings. The van der Waals surface area contributed by atoms with E-state index < -0.39 is 5.97 Å². The van der Waals surface area contributed by atoms with E-state index in [9.17, 15) is 9.90 Å². The van der Waals surface area contributed by atoms with E-state index in [-0.39, 0.29) is 0 Å². The van der Waals surface area contributed by atoms with Gasteiger partial charge in [-0.1, -0.05) is 43.9 Å². The molecule has 136 valence electrons. The predicted octanol–water partition coefficient (Wildman–Crippen LogP) is 5.20. The van der Waals surface area contributed by atoms with Gasteiger partial charge in [0.25, 0.3) is 0 Å². The molecule has 0 amide bonds. The van der Waals surface area contributed by atoms with E-state index >= 15 is 0 Å². The van der Waals surface area contributed by atoms with Crippen molar-refractivity contribution in [2.45, 2.75) is 51.1 Å². The number of aromatic nitrogens is 1. The summed E-state index contributed by atoms with van der Waals surface area (Å²) in [6, 6.07) is 12.5. The van der Waals surface area contributed by atoms with E-state index in [1.54, 1.807) is 6.07 Å². The average Bonchev–Trinajstić information content (AvgIpc) is 3.18. The second-order valence-electron chi connectivity index (χ2n) is 7.05. The molecule has 0 saturated heterocycles. The average molecular weight is 369 g/mol. The van der Waals surface area contributed by atoms with Gasteiger partial charge in [0.1, 0.15) is 9.88 Å². The first kappa shape index (κ1) is 17.3. The van der Waals surface area contributed by atoms with Crippen LogP contribution in [-0.2, 0) is 6.54 Å². The maximum atomic E-state index is 11.2. The molecule has 0 bridgehead atoms. The fraction of sp³-hybridized carbons (Fsp3) is 0.381. The number of carbonyl (C=O) groups is 1. The second kappa shape index (κ2) is 7.64. The fourth-order valence-corrected chi connectivity index (χ4v) is 4.72. The van der Waals surface area contributed by atoms with E-state index in [1.165, 1.54) is 60.8 Å². The summed E-state index contributed by atoms with van der Waals surface area (Å²) in [4.78, 5) is 11.6. The Morgan fingerprint density at radius 2 is 1.88 bits per heavy atom. The number of fused-ring (bicyclic) bond motifs is 1. The van der Waals surface area contributed by atoms with Crippen molar-refractivity contribution in [1.29, 1.82) is 0 Å². The van der Waals surface area contributed by atoms with Crippen LogP contribution in [0.5, 0.6) is 0 Å². The fourth-order valence-electron chi connectivity index (χ4n) is 3.88. The smallest absolute Gasteiger partial charge is 0.345 e. The number of hydrogen-bond acceptors (Lipinski definition) is 3. The summed E-state index contributed by atoms with van der Waals surface area (Å²) in [5.74, 6) is -0.868. The van der Waals surface area contributed by atoms with Crippen LogP contribution in [0.1, 0.15) is 53.8 Å². The standard InChI is InChI=1S/C21H24N2O2S/c24-21(25)19-11-12-20(26-19)23-14-15(17-9-5-6-10-18(17)23)13-22-16-7-3-1-2-4-8-16/h5-6,9-12,14,16,22H,1-4,7-8,13H2,(H,24,25). The molecule has 3 aromatic rings. The molecule has 1 fully saturated rings. The monoisotopic (exact) mass is 368 g/mol. The number of benzene rings is 1. The summed E-state index contributed by atoms with van der Waals surface area (Å²) >= 11 is 1.31. The van der Waals surface area contributed by atoms with E-state index in [2.05, 4.69) is 34.3 Å². The Labute approximate surface area is 157 Å². The minimum absolute atomic E-state index is 0.371. The zero-order valence-electron chi connectivity index (χ0n) is 14.8. The topological polar surface area (TPSA) is 54.3 Å². The molecule has 0 spiro atoms. The highest BCUT2D eigenvalue weighted by Gasteiger charge is 2.15. The Kier molecular flexibility index (Phi) is 5.09. The molecule has 0 radical (unpaired) electrons. The number of nitrogens with zero attached hydrogens (tertiary/aromatic N) is 1. The Morgan fingerprint density at radius 3 is 2.62 bits per heavy atom. The zero-order chi connectivity index (χ0) is 17.9. The zero-order valence-corrected chi connectivity index (χ0v) is 15.6. The normalized spacial score (nSPS) is 16.0. The number of nitrogens with one attached hydrogen (secondary N) is 1. The summed E-state index contributed by atoms with van der Waals surface area (Å²) in [5.41, 5.74) is 2.40. The SMILES string of the molecule is O=C(O)c1ccc(-n2cc(CNC3CCCCCC3)c3ccccc32)s1. The van der Waals surface area contributed by atoms with E-state index in [1.807, 2.05) is 12.1 Å². The van der Waals surface area contributed by atoms with Crippen LogP contribution in [0.25, 0.3) is 15.9 Å². The van der Waals surface area contributed by atoms with Crippen molar-refractivity contribution < 1.29 is 9.90 Å². The largest absolute Gasteiger partial charge is 0.477 e. The van der Waals surface area contributed by atoms with Gasteiger partial charge in [-0.15, -0.1) is 11.3 Å². The predicted molar refractivity (Wildman–Crippen MR) is 106 cm³/mol. The molecule has 0 atom stereocenters. The van der Waals surface area contributed by atoms with E-state index in [4.69, 9.17) is 0 Å². The Bertz CT molecular complexity index is 904. The summed E-state index contributed by atoms with van der Waals surface area (Å²) in [7, 11) is 0. The third-order valence-corrected chi connectivity index (χ3v) is 6.34. The summed E-state index contributed by atoms with van der Waals surface area (Å²) in [5, 5.41) is 15.1.